The van der Waals surface area contributed by atoms with Gasteiger partial charge in [-0.15, -0.1) is 23.2 Å². The number of sulfonamides is 1. The highest BCUT2D eigenvalue weighted by Crippen LogP contribution is 2.53. The highest BCUT2D eigenvalue weighted by atomic mass is 35.5. The summed E-state index contributed by atoms with van der Waals surface area (Å²) in [5.74, 6) is -1.36. The van der Waals surface area contributed by atoms with Crippen LogP contribution in [0, 0.1) is 5.92 Å². The summed E-state index contributed by atoms with van der Waals surface area (Å²) < 4.78 is 27.3. The molecule has 21 heavy (non-hydrogen) atoms. The minimum atomic E-state index is -3.96. The first kappa shape index (κ1) is 14.7. The Bertz CT molecular complexity index is 842. The van der Waals surface area contributed by atoms with Crippen molar-refractivity contribution in [3.63, 3.8) is 0 Å². The molecule has 1 saturated carbocycles. The third-order valence-electron chi connectivity index (χ3n) is 3.53. The van der Waals surface area contributed by atoms with Crippen molar-refractivity contribution in [3.8, 4) is 0 Å². The number of para-hydroxylation sites is 1. The Morgan fingerprint density at radius 3 is 2.62 bits per heavy atom. The molecule has 1 aliphatic rings. The second-order valence-corrected chi connectivity index (χ2v) is 8.30. The summed E-state index contributed by atoms with van der Waals surface area (Å²) in [5, 5.41) is 0.555. The van der Waals surface area contributed by atoms with Crippen molar-refractivity contribution in [1.29, 1.82) is 0 Å². The molecule has 1 fully saturated rings. The van der Waals surface area contributed by atoms with Crippen LogP contribution in [0.1, 0.15) is 6.42 Å². The number of halogens is 2. The number of amides is 1. The smallest absolute Gasteiger partial charge is 0.266 e. The number of aryl methyl sites for hydroxylation is 1. The molecule has 1 amide bonds. The molecule has 0 radical (unpaired) electrons. The van der Waals surface area contributed by atoms with Gasteiger partial charge >= 0.3 is 0 Å². The monoisotopic (exact) mass is 346 g/mol. The van der Waals surface area contributed by atoms with Gasteiger partial charge in [0, 0.05) is 24.1 Å². The summed E-state index contributed by atoms with van der Waals surface area (Å²) in [6.45, 7) is 0. The Labute approximate surface area is 131 Å². The molecule has 1 aliphatic carbocycles. The molecule has 0 spiro atoms. The van der Waals surface area contributed by atoms with Crippen LogP contribution >= 0.6 is 23.2 Å². The average Bonchev–Trinajstić information content (AvgIpc) is 2.90. The number of hydrogen-bond acceptors (Lipinski definition) is 3. The molecule has 1 aromatic carbocycles. The summed E-state index contributed by atoms with van der Waals surface area (Å²) in [4.78, 5) is 11.9. The van der Waals surface area contributed by atoms with Crippen molar-refractivity contribution in [1.82, 2.24) is 9.29 Å². The Morgan fingerprint density at radius 2 is 2.00 bits per heavy atom. The van der Waals surface area contributed by atoms with E-state index < -0.39 is 26.2 Å². The quantitative estimate of drug-likeness (QED) is 0.866. The van der Waals surface area contributed by atoms with Crippen molar-refractivity contribution in [3.05, 3.63) is 30.5 Å². The number of aromatic nitrogens is 1. The van der Waals surface area contributed by atoms with Gasteiger partial charge in [0.15, 0.2) is 0 Å². The molecular weight excluding hydrogens is 335 g/mol. The van der Waals surface area contributed by atoms with Crippen LogP contribution in [0.4, 0.5) is 0 Å². The lowest BCUT2D eigenvalue weighted by atomic mass is 10.2. The van der Waals surface area contributed by atoms with E-state index >= 15 is 0 Å². The summed E-state index contributed by atoms with van der Waals surface area (Å²) in [6.07, 6.45) is 1.73. The Kier molecular flexibility index (Phi) is 3.24. The molecule has 0 saturated heterocycles. The number of hydrogen-bond donors (Lipinski definition) is 1. The number of carbonyl (C=O) groups excluding carboxylic acids is 1. The van der Waals surface area contributed by atoms with Gasteiger partial charge in [-0.25, -0.2) is 13.1 Å². The number of alkyl halides is 2. The Morgan fingerprint density at radius 1 is 1.38 bits per heavy atom. The average molecular weight is 347 g/mol. The summed E-state index contributed by atoms with van der Waals surface area (Å²) in [5.41, 5.74) is 0.765. The van der Waals surface area contributed by atoms with Gasteiger partial charge in [-0.1, -0.05) is 18.2 Å². The fraction of sp³-hybridized carbons (Fsp3) is 0.308. The SMILES string of the molecule is Cn1cc(S(=O)(=O)NC(=O)[C@H]2CC2(Cl)Cl)c2ccccc21. The Balaban J connectivity index is 1.96. The van der Waals surface area contributed by atoms with Gasteiger partial charge in [-0.05, 0) is 12.5 Å². The fourth-order valence-electron chi connectivity index (χ4n) is 2.27. The number of carbonyl (C=O) groups is 1. The number of benzene rings is 1. The first-order chi connectivity index (χ1) is 9.72. The fourth-order valence-corrected chi connectivity index (χ4v) is 4.06. The van der Waals surface area contributed by atoms with Crippen LogP contribution in [0.25, 0.3) is 10.9 Å². The minimum Gasteiger partial charge on any atom is -0.349 e. The largest absolute Gasteiger partial charge is 0.349 e. The van der Waals surface area contributed by atoms with E-state index in [1.54, 1.807) is 29.8 Å². The van der Waals surface area contributed by atoms with Gasteiger partial charge in [0.1, 0.15) is 9.23 Å². The van der Waals surface area contributed by atoms with E-state index in [2.05, 4.69) is 0 Å². The number of nitrogens with zero attached hydrogens (tertiary/aromatic N) is 1. The third-order valence-corrected chi connectivity index (χ3v) is 5.74. The zero-order chi connectivity index (χ0) is 15.4. The predicted octanol–water partition coefficient (Wildman–Crippen LogP) is 2.18. The van der Waals surface area contributed by atoms with E-state index in [1.165, 1.54) is 6.20 Å². The maximum absolute atomic E-state index is 12.4. The van der Waals surface area contributed by atoms with E-state index in [1.807, 2.05) is 10.8 Å². The first-order valence-corrected chi connectivity index (χ1v) is 8.45. The van der Waals surface area contributed by atoms with Crippen LogP contribution in [-0.2, 0) is 21.9 Å². The van der Waals surface area contributed by atoms with Crippen LogP contribution in [0.3, 0.4) is 0 Å². The molecule has 0 unspecified atom stereocenters. The maximum atomic E-state index is 12.4. The molecule has 112 valence electrons. The van der Waals surface area contributed by atoms with Gasteiger partial charge in [0.05, 0.1) is 5.92 Å². The molecule has 1 N–H and O–H groups in total. The van der Waals surface area contributed by atoms with Crippen molar-refractivity contribution in [2.24, 2.45) is 13.0 Å². The highest BCUT2D eigenvalue weighted by molar-refractivity contribution is 7.90. The second-order valence-electron chi connectivity index (χ2n) is 5.11. The number of fused-ring (bicyclic) bond motifs is 1. The minimum absolute atomic E-state index is 0.0596. The third kappa shape index (κ3) is 2.52. The van der Waals surface area contributed by atoms with Gasteiger partial charge in [0.2, 0.25) is 5.91 Å². The molecule has 2 aromatic rings. The molecular formula is C13H12Cl2N2O3S. The lowest BCUT2D eigenvalue weighted by Gasteiger charge is -2.05. The van der Waals surface area contributed by atoms with Crippen molar-refractivity contribution in [2.45, 2.75) is 15.6 Å². The van der Waals surface area contributed by atoms with Crippen LogP contribution in [-0.4, -0.2) is 23.2 Å². The van der Waals surface area contributed by atoms with Crippen LogP contribution in [0.2, 0.25) is 0 Å². The predicted molar refractivity (Wildman–Crippen MR) is 80.8 cm³/mol. The van der Waals surface area contributed by atoms with Gasteiger partial charge in [-0.2, -0.15) is 0 Å². The van der Waals surface area contributed by atoms with Crippen LogP contribution < -0.4 is 4.72 Å². The topological polar surface area (TPSA) is 68.2 Å². The lowest BCUT2D eigenvalue weighted by Crippen LogP contribution is -2.32. The van der Waals surface area contributed by atoms with Crippen LogP contribution in [0.15, 0.2) is 35.4 Å². The molecule has 1 atom stereocenters. The van der Waals surface area contributed by atoms with E-state index in [4.69, 9.17) is 23.2 Å². The number of nitrogens with one attached hydrogen (secondary N) is 1. The standard InChI is InChI=1S/C13H12Cl2N2O3S/c1-17-7-11(8-4-2-3-5-10(8)17)21(19,20)16-12(18)9-6-13(9,14)15/h2-5,7,9H,6H2,1H3,(H,16,18)/t9-/m1/s1. The summed E-state index contributed by atoms with van der Waals surface area (Å²) in [6, 6.07) is 7.06. The highest BCUT2D eigenvalue weighted by Gasteiger charge is 2.57. The summed E-state index contributed by atoms with van der Waals surface area (Å²) in [7, 11) is -2.22. The lowest BCUT2D eigenvalue weighted by molar-refractivity contribution is -0.120. The first-order valence-electron chi connectivity index (χ1n) is 6.21. The zero-order valence-corrected chi connectivity index (χ0v) is 13.3. The van der Waals surface area contributed by atoms with Gasteiger partial charge < -0.3 is 4.57 Å². The molecule has 8 heteroatoms. The van der Waals surface area contributed by atoms with E-state index in [0.29, 0.717) is 5.39 Å². The van der Waals surface area contributed by atoms with E-state index in [9.17, 15) is 13.2 Å². The van der Waals surface area contributed by atoms with E-state index in [0.717, 1.165) is 5.52 Å². The normalized spacial score (nSPS) is 20.4. The molecule has 1 heterocycles. The van der Waals surface area contributed by atoms with Gasteiger partial charge in [-0.3, -0.25) is 4.79 Å². The molecule has 0 bridgehead atoms. The van der Waals surface area contributed by atoms with Crippen LogP contribution in [0.5, 0.6) is 0 Å². The summed E-state index contributed by atoms with van der Waals surface area (Å²) >= 11 is 11.6. The Hall–Kier alpha value is -1.24. The zero-order valence-electron chi connectivity index (χ0n) is 11.0. The van der Waals surface area contributed by atoms with Crippen molar-refractivity contribution < 1.29 is 13.2 Å². The van der Waals surface area contributed by atoms with Crippen molar-refractivity contribution in [2.75, 3.05) is 0 Å². The molecule has 1 aromatic heterocycles. The second kappa shape index (κ2) is 4.63. The molecule has 5 nitrogen and oxygen atoms in total. The maximum Gasteiger partial charge on any atom is 0.266 e. The van der Waals surface area contributed by atoms with E-state index in [-0.39, 0.29) is 11.3 Å². The van der Waals surface area contributed by atoms with Crippen molar-refractivity contribution >= 4 is 50.0 Å². The molecule has 0 aliphatic heterocycles. The van der Waals surface area contributed by atoms with Gasteiger partial charge in [0.25, 0.3) is 10.0 Å². The number of rotatable bonds is 3. The molecule has 3 rings (SSSR count).